The van der Waals surface area contributed by atoms with Crippen LogP contribution in [0.1, 0.15) is 32.1 Å². The molecule has 4 aromatic rings. The Balaban J connectivity index is 1.23. The Morgan fingerprint density at radius 3 is 2.66 bits per heavy atom. The molecule has 32 heavy (non-hydrogen) atoms. The highest BCUT2D eigenvalue weighted by Gasteiger charge is 2.26. The molecule has 2 aliphatic heterocycles. The fourth-order valence-electron chi connectivity index (χ4n) is 5.00. The smallest absolute Gasteiger partial charge is 0.257 e. The van der Waals surface area contributed by atoms with Crippen molar-refractivity contribution in [3.05, 3.63) is 53.2 Å². The molecule has 0 aromatic carbocycles. The molecule has 0 spiro atoms. The summed E-state index contributed by atoms with van der Waals surface area (Å²) < 4.78 is 2.69. The summed E-state index contributed by atoms with van der Waals surface area (Å²) in [4.78, 5) is 31.1. The molecule has 0 N–H and O–H groups in total. The Bertz CT molecular complexity index is 1320. The van der Waals surface area contributed by atoms with Gasteiger partial charge < -0.3 is 9.80 Å². The van der Waals surface area contributed by atoms with Crippen LogP contribution in [0.2, 0.25) is 0 Å². The maximum absolute atomic E-state index is 12.2. The third-order valence-corrected chi connectivity index (χ3v) is 7.87. The van der Waals surface area contributed by atoms with Crippen LogP contribution in [0.15, 0.2) is 47.7 Å². The van der Waals surface area contributed by atoms with Crippen LogP contribution < -0.4 is 10.5 Å². The molecule has 2 aliphatic rings. The first-order valence-corrected chi connectivity index (χ1v) is 12.3. The van der Waals surface area contributed by atoms with Gasteiger partial charge in [0.1, 0.15) is 11.2 Å². The molecule has 0 unspecified atom stereocenters. The molecule has 0 radical (unpaired) electrons. The van der Waals surface area contributed by atoms with Crippen molar-refractivity contribution in [1.29, 1.82) is 0 Å². The highest BCUT2D eigenvalue weighted by Crippen LogP contribution is 2.33. The van der Waals surface area contributed by atoms with Crippen molar-refractivity contribution >= 4 is 32.3 Å². The van der Waals surface area contributed by atoms with Crippen LogP contribution >= 0.6 is 11.3 Å². The number of hydrogen-bond donors (Lipinski definition) is 0. The number of piperidine rings is 2. The van der Waals surface area contributed by atoms with Crippen LogP contribution in [0.5, 0.6) is 0 Å². The van der Waals surface area contributed by atoms with Crippen molar-refractivity contribution in [2.45, 2.75) is 38.1 Å². The van der Waals surface area contributed by atoms with Gasteiger partial charge in [-0.1, -0.05) is 17.8 Å². The van der Waals surface area contributed by atoms with Crippen LogP contribution in [0, 0.1) is 0 Å². The lowest BCUT2D eigenvalue weighted by Crippen LogP contribution is -2.46. The van der Waals surface area contributed by atoms with Crippen LogP contribution in [0.3, 0.4) is 0 Å². The highest BCUT2D eigenvalue weighted by molar-refractivity contribution is 7.22. The van der Waals surface area contributed by atoms with Crippen molar-refractivity contribution in [1.82, 2.24) is 24.3 Å². The van der Waals surface area contributed by atoms with Crippen LogP contribution in [-0.2, 0) is 0 Å². The summed E-state index contributed by atoms with van der Waals surface area (Å²) in [5, 5.41) is 1.09. The molecule has 0 amide bonds. The van der Waals surface area contributed by atoms with E-state index in [0.717, 1.165) is 45.7 Å². The van der Waals surface area contributed by atoms with Gasteiger partial charge in [-0.3, -0.25) is 14.2 Å². The molecular formula is C24H26N6OS. The Morgan fingerprint density at radius 2 is 1.81 bits per heavy atom. The van der Waals surface area contributed by atoms with Gasteiger partial charge in [-0.2, -0.15) is 0 Å². The van der Waals surface area contributed by atoms with Crippen molar-refractivity contribution < 1.29 is 0 Å². The number of rotatable bonds is 3. The van der Waals surface area contributed by atoms with E-state index < -0.39 is 0 Å². The monoisotopic (exact) mass is 446 g/mol. The molecule has 0 bridgehead atoms. The molecule has 7 nitrogen and oxygen atoms in total. The molecular weight excluding hydrogens is 420 g/mol. The Hall–Kier alpha value is -2.84. The molecule has 2 saturated heterocycles. The Labute approximate surface area is 190 Å². The molecule has 164 valence electrons. The summed E-state index contributed by atoms with van der Waals surface area (Å²) in [6, 6.07) is 8.10. The van der Waals surface area contributed by atoms with Gasteiger partial charge in [-0.05, 0) is 57.0 Å². The SMILES string of the molecule is O=c1ccnc2ccc(-c3cc4sc(N5CCC(N6CCCCC6)CC5)nc4cn3)cn12. The largest absolute Gasteiger partial charge is 0.348 e. The first-order valence-electron chi connectivity index (χ1n) is 11.5. The van der Waals surface area contributed by atoms with E-state index in [1.165, 1.54) is 57.5 Å². The summed E-state index contributed by atoms with van der Waals surface area (Å²) in [5.74, 6) is 0. The summed E-state index contributed by atoms with van der Waals surface area (Å²) in [6.07, 6.45) is 11.7. The first kappa shape index (κ1) is 19.8. The van der Waals surface area contributed by atoms with Crippen LogP contribution in [0.4, 0.5) is 5.13 Å². The van der Waals surface area contributed by atoms with Crippen molar-refractivity contribution in [3.8, 4) is 11.3 Å². The Kier molecular flexibility index (Phi) is 5.11. The number of nitrogens with zero attached hydrogens (tertiary/aromatic N) is 6. The second kappa shape index (κ2) is 8.26. The molecule has 0 aliphatic carbocycles. The number of hydrogen-bond acceptors (Lipinski definition) is 7. The van der Waals surface area contributed by atoms with E-state index in [0.29, 0.717) is 5.65 Å². The Morgan fingerprint density at radius 1 is 0.969 bits per heavy atom. The fourth-order valence-corrected chi connectivity index (χ4v) is 6.03. The highest BCUT2D eigenvalue weighted by atomic mass is 32.1. The summed E-state index contributed by atoms with van der Waals surface area (Å²) >= 11 is 1.74. The molecule has 4 aromatic heterocycles. The minimum atomic E-state index is -0.0917. The molecule has 8 heteroatoms. The van der Waals surface area contributed by atoms with Gasteiger partial charge in [0.25, 0.3) is 5.56 Å². The number of pyridine rings is 2. The van der Waals surface area contributed by atoms with Gasteiger partial charge in [0.05, 0.1) is 16.6 Å². The number of aromatic nitrogens is 4. The zero-order valence-corrected chi connectivity index (χ0v) is 18.8. The average Bonchev–Trinajstić information content (AvgIpc) is 3.28. The van der Waals surface area contributed by atoms with E-state index in [1.807, 2.05) is 24.5 Å². The van der Waals surface area contributed by atoms with Gasteiger partial charge in [-0.15, -0.1) is 0 Å². The lowest BCUT2D eigenvalue weighted by molar-refractivity contribution is 0.141. The fraction of sp³-hybridized carbons (Fsp3) is 0.417. The van der Waals surface area contributed by atoms with Crippen LogP contribution in [-0.4, -0.2) is 56.5 Å². The average molecular weight is 447 g/mol. The predicted molar refractivity (Wildman–Crippen MR) is 129 cm³/mol. The van der Waals surface area contributed by atoms with Crippen molar-refractivity contribution in [3.63, 3.8) is 0 Å². The number of anilines is 1. The standard InChI is InChI=1S/C24H26N6OS/c31-23-6-9-25-22-5-4-17(16-30(22)23)19-14-21-20(15-26-19)27-24(32-21)29-12-7-18(8-13-29)28-10-2-1-3-11-28/h4-6,9,14-16,18H,1-3,7-8,10-13H2. The zero-order valence-electron chi connectivity index (χ0n) is 18.0. The van der Waals surface area contributed by atoms with E-state index in [1.54, 1.807) is 15.7 Å². The van der Waals surface area contributed by atoms with E-state index in [2.05, 4.69) is 25.8 Å². The van der Waals surface area contributed by atoms with E-state index in [4.69, 9.17) is 4.98 Å². The molecule has 6 heterocycles. The summed E-state index contributed by atoms with van der Waals surface area (Å²) in [6.45, 7) is 4.69. The van der Waals surface area contributed by atoms with Crippen LogP contribution in [0.25, 0.3) is 27.1 Å². The maximum Gasteiger partial charge on any atom is 0.257 e. The van der Waals surface area contributed by atoms with Gasteiger partial charge in [0, 0.05) is 43.2 Å². The minimum Gasteiger partial charge on any atom is -0.348 e. The van der Waals surface area contributed by atoms with E-state index in [-0.39, 0.29) is 5.56 Å². The van der Waals surface area contributed by atoms with Crippen molar-refractivity contribution in [2.24, 2.45) is 0 Å². The number of thiazole rings is 1. The summed E-state index contributed by atoms with van der Waals surface area (Å²) in [5.41, 5.74) is 3.22. The van der Waals surface area contributed by atoms with Gasteiger partial charge in [0.15, 0.2) is 5.13 Å². The van der Waals surface area contributed by atoms with E-state index >= 15 is 0 Å². The quantitative estimate of drug-likeness (QED) is 0.477. The third kappa shape index (κ3) is 3.67. The van der Waals surface area contributed by atoms with Gasteiger partial charge in [-0.25, -0.2) is 9.97 Å². The molecule has 2 fully saturated rings. The van der Waals surface area contributed by atoms with E-state index in [9.17, 15) is 4.79 Å². The second-order valence-corrected chi connectivity index (χ2v) is 9.79. The molecule has 0 saturated carbocycles. The third-order valence-electron chi connectivity index (χ3n) is 6.79. The molecule has 6 rings (SSSR count). The first-order chi connectivity index (χ1) is 15.7. The van der Waals surface area contributed by atoms with Gasteiger partial charge >= 0.3 is 0 Å². The summed E-state index contributed by atoms with van der Waals surface area (Å²) in [7, 11) is 0. The predicted octanol–water partition coefficient (Wildman–Crippen LogP) is 3.82. The second-order valence-electron chi connectivity index (χ2n) is 8.78. The minimum absolute atomic E-state index is 0.0917. The number of likely N-dealkylation sites (tertiary alicyclic amines) is 1. The lowest BCUT2D eigenvalue weighted by atomic mass is 10.0. The molecule has 0 atom stereocenters. The maximum atomic E-state index is 12.2. The van der Waals surface area contributed by atoms with Gasteiger partial charge in [0.2, 0.25) is 0 Å². The lowest BCUT2D eigenvalue weighted by Gasteiger charge is -2.40. The number of fused-ring (bicyclic) bond motifs is 2. The van der Waals surface area contributed by atoms with Crippen molar-refractivity contribution in [2.75, 3.05) is 31.1 Å². The zero-order chi connectivity index (χ0) is 21.5. The normalized spacial score (nSPS) is 18.6. The topological polar surface area (TPSA) is 66.6 Å².